The molecule has 0 aromatic carbocycles. The molecule has 0 aliphatic rings. The number of halogens is 1. The van der Waals surface area contributed by atoms with Gasteiger partial charge in [0.25, 0.3) is 0 Å². The average Bonchev–Trinajstić information content (AvgIpc) is 2.46. The van der Waals surface area contributed by atoms with Crippen LogP contribution in [0.2, 0.25) is 0 Å². The number of rotatable bonds is 17. The molecule has 0 unspecified atom stereocenters. The van der Waals surface area contributed by atoms with Gasteiger partial charge in [-0.1, -0.05) is 12.8 Å². The van der Waals surface area contributed by atoms with Gasteiger partial charge in [-0.15, -0.1) is 11.6 Å². The Morgan fingerprint density at radius 2 is 1.19 bits per heavy atom. The van der Waals surface area contributed by atoms with E-state index >= 15 is 0 Å². The molecular weight excluding hydrogens is 296 g/mol. The first-order valence-corrected chi connectivity index (χ1v) is 8.32. The molecule has 0 saturated heterocycles. The van der Waals surface area contributed by atoms with Gasteiger partial charge >= 0.3 is 5.97 Å². The molecule has 0 aliphatic carbocycles. The van der Waals surface area contributed by atoms with E-state index in [2.05, 4.69) is 0 Å². The van der Waals surface area contributed by atoms with Gasteiger partial charge in [0.1, 0.15) is 0 Å². The molecule has 0 bridgehead atoms. The Kier molecular flexibility index (Phi) is 17.4. The minimum Gasteiger partial charge on any atom is -0.481 e. The van der Waals surface area contributed by atoms with Crippen molar-refractivity contribution in [3.8, 4) is 0 Å². The standard InChI is InChI=1S/C15H29ClO5/c16-8-4-1-2-5-9-19-11-13-21-14-12-20-10-6-3-7-15(17)18/h1-14H2,(H,17,18). The zero-order valence-electron chi connectivity index (χ0n) is 12.9. The maximum absolute atomic E-state index is 10.3. The Hall–Kier alpha value is -0.360. The highest BCUT2D eigenvalue weighted by molar-refractivity contribution is 6.17. The van der Waals surface area contributed by atoms with Crippen LogP contribution in [0.3, 0.4) is 0 Å². The summed E-state index contributed by atoms with van der Waals surface area (Å²) in [6.45, 7) is 3.68. The zero-order valence-corrected chi connectivity index (χ0v) is 13.6. The lowest BCUT2D eigenvalue weighted by Gasteiger charge is -2.06. The number of carboxylic acids is 1. The number of ether oxygens (including phenoxy) is 3. The molecule has 0 atom stereocenters. The van der Waals surface area contributed by atoms with Crippen LogP contribution in [0, 0.1) is 0 Å². The fourth-order valence-corrected chi connectivity index (χ4v) is 1.86. The van der Waals surface area contributed by atoms with Crippen molar-refractivity contribution in [3.05, 3.63) is 0 Å². The van der Waals surface area contributed by atoms with E-state index in [1.165, 1.54) is 12.8 Å². The third-order valence-corrected chi connectivity index (χ3v) is 3.11. The second kappa shape index (κ2) is 17.7. The van der Waals surface area contributed by atoms with Gasteiger partial charge in [0.2, 0.25) is 0 Å². The summed E-state index contributed by atoms with van der Waals surface area (Å²) in [5.74, 6) is -0.00607. The highest BCUT2D eigenvalue weighted by Crippen LogP contribution is 2.01. The topological polar surface area (TPSA) is 65.0 Å². The minimum absolute atomic E-state index is 0.211. The van der Waals surface area contributed by atoms with Gasteiger partial charge in [0.15, 0.2) is 0 Å². The molecule has 21 heavy (non-hydrogen) atoms. The molecule has 0 rings (SSSR count). The quantitative estimate of drug-likeness (QED) is 0.329. The summed E-state index contributed by atoms with van der Waals surface area (Å²) in [4.78, 5) is 10.3. The van der Waals surface area contributed by atoms with Crippen molar-refractivity contribution in [1.82, 2.24) is 0 Å². The molecule has 1 N–H and O–H groups in total. The number of aliphatic carboxylic acids is 1. The second-order valence-electron chi connectivity index (χ2n) is 4.79. The molecule has 0 spiro atoms. The largest absolute Gasteiger partial charge is 0.481 e. The van der Waals surface area contributed by atoms with E-state index in [-0.39, 0.29) is 6.42 Å². The Balaban J connectivity index is 2.95. The second-order valence-corrected chi connectivity index (χ2v) is 5.17. The van der Waals surface area contributed by atoms with Crippen LogP contribution in [0.15, 0.2) is 0 Å². The number of alkyl halides is 1. The predicted molar refractivity (Wildman–Crippen MR) is 83.1 cm³/mol. The van der Waals surface area contributed by atoms with Crippen molar-refractivity contribution < 1.29 is 24.1 Å². The molecular formula is C15H29ClO5. The lowest BCUT2D eigenvalue weighted by molar-refractivity contribution is -0.137. The summed E-state index contributed by atoms with van der Waals surface area (Å²) in [7, 11) is 0. The Morgan fingerprint density at radius 1 is 0.714 bits per heavy atom. The number of unbranched alkanes of at least 4 members (excludes halogenated alkanes) is 4. The van der Waals surface area contributed by atoms with Crippen molar-refractivity contribution in [2.75, 3.05) is 45.5 Å². The molecule has 0 aromatic rings. The molecule has 0 aliphatic heterocycles. The Labute approximate surface area is 132 Å². The van der Waals surface area contributed by atoms with Crippen molar-refractivity contribution in [2.24, 2.45) is 0 Å². The predicted octanol–water partition coefficient (Wildman–Crippen LogP) is 3.09. The summed E-state index contributed by atoms with van der Waals surface area (Å²) < 4.78 is 16.1. The van der Waals surface area contributed by atoms with E-state index in [4.69, 9.17) is 30.9 Å². The van der Waals surface area contributed by atoms with Gasteiger partial charge in [0.05, 0.1) is 26.4 Å². The molecule has 0 saturated carbocycles. The fourth-order valence-electron chi connectivity index (χ4n) is 1.67. The van der Waals surface area contributed by atoms with Crippen molar-refractivity contribution in [3.63, 3.8) is 0 Å². The van der Waals surface area contributed by atoms with E-state index in [0.29, 0.717) is 39.5 Å². The van der Waals surface area contributed by atoms with E-state index in [9.17, 15) is 4.79 Å². The van der Waals surface area contributed by atoms with Crippen LogP contribution >= 0.6 is 11.6 Å². The van der Waals surface area contributed by atoms with Crippen molar-refractivity contribution >= 4 is 17.6 Å². The SMILES string of the molecule is O=C(O)CCCCOCCOCCOCCCCCCCl. The van der Waals surface area contributed by atoms with Crippen LogP contribution < -0.4 is 0 Å². The average molecular weight is 325 g/mol. The number of carbonyl (C=O) groups is 1. The molecule has 126 valence electrons. The minimum atomic E-state index is -0.752. The summed E-state index contributed by atoms with van der Waals surface area (Å²) in [6, 6.07) is 0. The third kappa shape index (κ3) is 19.6. The summed E-state index contributed by atoms with van der Waals surface area (Å²) in [6.07, 6.45) is 6.16. The maximum Gasteiger partial charge on any atom is 0.303 e. The monoisotopic (exact) mass is 324 g/mol. The molecule has 5 nitrogen and oxygen atoms in total. The van der Waals surface area contributed by atoms with Gasteiger partial charge < -0.3 is 19.3 Å². The first kappa shape index (κ1) is 20.6. The molecule has 0 radical (unpaired) electrons. The van der Waals surface area contributed by atoms with Crippen molar-refractivity contribution in [1.29, 1.82) is 0 Å². The first-order chi connectivity index (χ1) is 10.3. The Bertz CT molecular complexity index is 226. The van der Waals surface area contributed by atoms with Crippen LogP contribution in [0.4, 0.5) is 0 Å². The fraction of sp³-hybridized carbons (Fsp3) is 0.933. The van der Waals surface area contributed by atoms with Gasteiger partial charge in [0, 0.05) is 25.5 Å². The highest BCUT2D eigenvalue weighted by atomic mass is 35.5. The third-order valence-electron chi connectivity index (χ3n) is 2.85. The normalized spacial score (nSPS) is 10.9. The van der Waals surface area contributed by atoms with E-state index in [1.807, 2.05) is 0 Å². The molecule has 0 heterocycles. The van der Waals surface area contributed by atoms with Crippen LogP contribution in [0.25, 0.3) is 0 Å². The Morgan fingerprint density at radius 3 is 1.71 bits per heavy atom. The summed E-state index contributed by atoms with van der Waals surface area (Å²) in [5, 5.41) is 8.45. The zero-order chi connectivity index (χ0) is 15.6. The number of hydrogen-bond acceptors (Lipinski definition) is 4. The summed E-state index contributed by atoms with van der Waals surface area (Å²) >= 11 is 5.59. The van der Waals surface area contributed by atoms with Gasteiger partial charge in [-0.3, -0.25) is 4.79 Å². The lowest BCUT2D eigenvalue weighted by atomic mass is 10.2. The smallest absolute Gasteiger partial charge is 0.303 e. The van der Waals surface area contributed by atoms with E-state index in [1.54, 1.807) is 0 Å². The molecule has 6 heteroatoms. The molecule has 0 amide bonds. The van der Waals surface area contributed by atoms with Crippen LogP contribution in [-0.2, 0) is 19.0 Å². The summed E-state index contributed by atoms with van der Waals surface area (Å²) in [5.41, 5.74) is 0. The van der Waals surface area contributed by atoms with Gasteiger partial charge in [-0.25, -0.2) is 0 Å². The number of hydrogen-bond donors (Lipinski definition) is 1. The van der Waals surface area contributed by atoms with Crippen molar-refractivity contribution in [2.45, 2.75) is 44.9 Å². The van der Waals surface area contributed by atoms with Crippen LogP contribution in [0.1, 0.15) is 44.9 Å². The lowest BCUT2D eigenvalue weighted by Crippen LogP contribution is -2.10. The van der Waals surface area contributed by atoms with Crippen LogP contribution in [-0.4, -0.2) is 56.6 Å². The van der Waals surface area contributed by atoms with E-state index < -0.39 is 5.97 Å². The maximum atomic E-state index is 10.3. The van der Waals surface area contributed by atoms with Crippen LogP contribution in [0.5, 0.6) is 0 Å². The van der Waals surface area contributed by atoms with E-state index in [0.717, 1.165) is 31.7 Å². The van der Waals surface area contributed by atoms with Gasteiger partial charge in [-0.2, -0.15) is 0 Å². The number of carboxylic acid groups (broad SMARTS) is 1. The molecule has 0 fully saturated rings. The first-order valence-electron chi connectivity index (χ1n) is 7.78. The highest BCUT2D eigenvalue weighted by Gasteiger charge is 1.96. The van der Waals surface area contributed by atoms with Gasteiger partial charge in [-0.05, 0) is 25.7 Å². The molecule has 0 aromatic heterocycles.